The van der Waals surface area contributed by atoms with Crippen molar-refractivity contribution in [2.45, 2.75) is 0 Å². The quantitative estimate of drug-likeness (QED) is 0.631. The molecule has 0 fully saturated rings. The van der Waals surface area contributed by atoms with Gasteiger partial charge in [0.25, 0.3) is 0 Å². The summed E-state index contributed by atoms with van der Waals surface area (Å²) in [6, 6.07) is 21.1. The van der Waals surface area contributed by atoms with Gasteiger partial charge in [0.05, 0.1) is 0 Å². The molecule has 0 saturated heterocycles. The Bertz CT molecular complexity index is 803. The Labute approximate surface area is 136 Å². The average Bonchev–Trinajstić information content (AvgIpc) is 2.54. The van der Waals surface area contributed by atoms with Crippen molar-refractivity contribution in [2.24, 2.45) is 0 Å². The van der Waals surface area contributed by atoms with E-state index < -0.39 is 0 Å². The van der Waals surface area contributed by atoms with Gasteiger partial charge in [0.1, 0.15) is 0 Å². The van der Waals surface area contributed by atoms with E-state index in [1.165, 1.54) is 27.6 Å². The molecule has 1 aliphatic rings. The summed E-state index contributed by atoms with van der Waals surface area (Å²) in [5, 5.41) is 3.37. The molecule has 0 amide bonds. The van der Waals surface area contributed by atoms with E-state index in [0.717, 1.165) is 5.02 Å². The third-order valence-electron chi connectivity index (χ3n) is 4.52. The van der Waals surface area contributed by atoms with Gasteiger partial charge in [-0.05, 0) is 49.2 Å². The number of halogens is 1. The van der Waals surface area contributed by atoms with Gasteiger partial charge in [-0.25, -0.2) is 0 Å². The van der Waals surface area contributed by atoms with Crippen LogP contribution in [0.4, 0.5) is 11.4 Å². The zero-order chi connectivity index (χ0) is 15.3. The van der Waals surface area contributed by atoms with Gasteiger partial charge in [0.2, 0.25) is 0 Å². The Morgan fingerprint density at radius 3 is 1.86 bits per heavy atom. The average molecular weight is 307 g/mol. The van der Waals surface area contributed by atoms with Crippen molar-refractivity contribution in [1.82, 2.24) is 0 Å². The fraction of sp³-hybridized carbons (Fsp3) is 0.111. The first-order valence-electron chi connectivity index (χ1n) is 7.40. The van der Waals surface area contributed by atoms with Crippen molar-refractivity contribution < 1.29 is 0 Å². The fourth-order valence-corrected chi connectivity index (χ4v) is 3.62. The first-order valence-corrected chi connectivity index (χ1v) is 7.77. The molecule has 0 N–H and O–H groups in total. The van der Waals surface area contributed by atoms with E-state index in [4.69, 9.17) is 11.6 Å². The Balaban J connectivity index is 1.93. The first kappa shape index (κ1) is 13.5. The number of hydrogen-bond acceptors (Lipinski definition) is 2. The van der Waals surface area contributed by atoms with Crippen molar-refractivity contribution in [3.8, 4) is 0 Å². The molecule has 1 heterocycles. The van der Waals surface area contributed by atoms with Crippen molar-refractivity contribution in [2.75, 3.05) is 23.7 Å². The van der Waals surface area contributed by atoms with E-state index in [1.807, 2.05) is 12.1 Å². The molecule has 0 atom stereocenters. The lowest BCUT2D eigenvalue weighted by Gasteiger charge is -2.41. The van der Waals surface area contributed by atoms with Gasteiger partial charge in [0.15, 0.2) is 0 Å². The molecule has 3 aromatic rings. The van der Waals surface area contributed by atoms with Gasteiger partial charge in [-0.2, -0.15) is 0 Å². The lowest BCUT2D eigenvalue weighted by atomic mass is 9.62. The molecule has 3 aromatic carbocycles. The maximum atomic E-state index is 6.04. The Morgan fingerprint density at radius 1 is 0.773 bits per heavy atom. The number of hydrogen-bond donors (Lipinski definition) is 0. The smallest absolute Gasteiger partial charge is 0.394 e. The lowest BCUT2D eigenvalue weighted by Crippen LogP contribution is -2.59. The van der Waals surface area contributed by atoms with Crippen molar-refractivity contribution >= 4 is 46.2 Å². The number of benzene rings is 3. The van der Waals surface area contributed by atoms with E-state index in [1.54, 1.807) is 0 Å². The summed E-state index contributed by atoms with van der Waals surface area (Å²) in [7, 11) is 4.31. The summed E-state index contributed by atoms with van der Waals surface area (Å²) in [4.78, 5) is 4.66. The minimum absolute atomic E-state index is 0.165. The molecule has 0 aromatic heterocycles. The zero-order valence-electron chi connectivity index (χ0n) is 12.6. The molecule has 0 unspecified atom stereocenters. The summed E-state index contributed by atoms with van der Waals surface area (Å²) in [5.41, 5.74) is 3.78. The van der Waals surface area contributed by atoms with Crippen LogP contribution >= 0.6 is 11.6 Å². The summed E-state index contributed by atoms with van der Waals surface area (Å²) >= 11 is 6.04. The third-order valence-corrected chi connectivity index (χ3v) is 4.77. The molecule has 4 heteroatoms. The van der Waals surface area contributed by atoms with Crippen molar-refractivity contribution in [3.05, 3.63) is 65.7 Å². The van der Waals surface area contributed by atoms with Crippen molar-refractivity contribution in [1.29, 1.82) is 0 Å². The third kappa shape index (κ3) is 1.89. The monoisotopic (exact) mass is 306 g/mol. The van der Waals surface area contributed by atoms with Crippen LogP contribution in [-0.4, -0.2) is 21.1 Å². The van der Waals surface area contributed by atoms with Crippen LogP contribution in [0.2, 0.25) is 5.02 Å². The summed E-state index contributed by atoms with van der Waals surface area (Å²) < 4.78 is 0. The maximum Gasteiger partial charge on any atom is 0.410 e. The molecule has 22 heavy (non-hydrogen) atoms. The first-order chi connectivity index (χ1) is 10.7. The van der Waals surface area contributed by atoms with Crippen molar-refractivity contribution in [3.63, 3.8) is 0 Å². The van der Waals surface area contributed by atoms with Gasteiger partial charge < -0.3 is 9.62 Å². The van der Waals surface area contributed by atoms with Crippen LogP contribution in [0.3, 0.4) is 0 Å². The fourth-order valence-electron chi connectivity index (χ4n) is 3.49. The highest BCUT2D eigenvalue weighted by Crippen LogP contribution is 2.39. The number of anilines is 2. The van der Waals surface area contributed by atoms with Gasteiger partial charge in [0, 0.05) is 21.8 Å². The molecule has 0 radical (unpaired) electrons. The molecule has 0 spiro atoms. The van der Waals surface area contributed by atoms with Crippen LogP contribution in [0.15, 0.2) is 60.7 Å². The van der Waals surface area contributed by atoms with Gasteiger partial charge >= 0.3 is 6.98 Å². The van der Waals surface area contributed by atoms with Crippen LogP contribution in [-0.2, 0) is 0 Å². The Hall–Kier alpha value is -2.13. The number of nitrogens with zero attached hydrogens (tertiary/aromatic N) is 2. The van der Waals surface area contributed by atoms with E-state index in [-0.39, 0.29) is 6.98 Å². The molecule has 0 saturated carbocycles. The van der Waals surface area contributed by atoms with Crippen LogP contribution in [0, 0.1) is 0 Å². The SMILES string of the molecule is CN1B(c2ccc(Cl)cc2)N(C)c2cccc3cccc1c23. The molecular formula is C18H16BClN2. The highest BCUT2D eigenvalue weighted by atomic mass is 35.5. The zero-order valence-corrected chi connectivity index (χ0v) is 13.4. The summed E-state index contributed by atoms with van der Waals surface area (Å²) in [5.74, 6) is 0. The Kier molecular flexibility index (Phi) is 3.05. The summed E-state index contributed by atoms with van der Waals surface area (Å²) in [6.45, 7) is 0.165. The van der Waals surface area contributed by atoms with E-state index in [0.29, 0.717) is 0 Å². The van der Waals surface area contributed by atoms with Crippen LogP contribution < -0.4 is 15.1 Å². The predicted molar refractivity (Wildman–Crippen MR) is 97.6 cm³/mol. The van der Waals surface area contributed by atoms with Crippen LogP contribution in [0.5, 0.6) is 0 Å². The minimum Gasteiger partial charge on any atom is -0.394 e. The van der Waals surface area contributed by atoms with Gasteiger partial charge in [-0.15, -0.1) is 0 Å². The van der Waals surface area contributed by atoms with Crippen LogP contribution in [0.25, 0.3) is 10.8 Å². The van der Waals surface area contributed by atoms with E-state index >= 15 is 0 Å². The largest absolute Gasteiger partial charge is 0.410 e. The molecule has 1 aliphatic heterocycles. The second-order valence-electron chi connectivity index (χ2n) is 5.80. The molecule has 108 valence electrons. The van der Waals surface area contributed by atoms with Gasteiger partial charge in [-0.1, -0.05) is 48.0 Å². The van der Waals surface area contributed by atoms with E-state index in [9.17, 15) is 0 Å². The minimum atomic E-state index is 0.165. The number of rotatable bonds is 1. The maximum absolute atomic E-state index is 6.04. The summed E-state index contributed by atoms with van der Waals surface area (Å²) in [6.07, 6.45) is 0. The second-order valence-corrected chi connectivity index (χ2v) is 6.24. The second kappa shape index (κ2) is 4.96. The highest BCUT2D eigenvalue weighted by molar-refractivity contribution is 6.81. The standard InChI is InChI=1S/C18H16BClN2/c1-21-16-7-3-5-13-6-4-8-17(18(13)16)22(2)19(21)14-9-11-15(20)12-10-14/h3-12H,1-2H3. The molecule has 2 nitrogen and oxygen atoms in total. The lowest BCUT2D eigenvalue weighted by molar-refractivity contribution is 1.19. The molecular weight excluding hydrogens is 290 g/mol. The predicted octanol–water partition coefficient (Wildman–Crippen LogP) is 3.77. The topological polar surface area (TPSA) is 6.48 Å². The van der Waals surface area contributed by atoms with Crippen LogP contribution in [0.1, 0.15) is 0 Å². The Morgan fingerprint density at radius 2 is 1.32 bits per heavy atom. The molecule has 0 bridgehead atoms. The molecule has 0 aliphatic carbocycles. The normalized spacial score (nSPS) is 13.9. The van der Waals surface area contributed by atoms with E-state index in [2.05, 4.69) is 72.2 Å². The van der Waals surface area contributed by atoms with Gasteiger partial charge in [-0.3, -0.25) is 0 Å². The molecule has 4 rings (SSSR count). The highest BCUT2D eigenvalue weighted by Gasteiger charge is 2.35.